The van der Waals surface area contributed by atoms with Gasteiger partial charge >= 0.3 is 12.1 Å². The van der Waals surface area contributed by atoms with E-state index in [-0.39, 0.29) is 29.2 Å². The molecule has 0 amide bonds. The molecular weight excluding hydrogens is 641 g/mol. The molecule has 49 heavy (non-hydrogen) atoms. The summed E-state index contributed by atoms with van der Waals surface area (Å²) in [5, 5.41) is 9.32. The summed E-state index contributed by atoms with van der Waals surface area (Å²) in [5.74, 6) is -0.567. The molecule has 1 aliphatic heterocycles. The first-order valence-corrected chi connectivity index (χ1v) is 16.6. The Kier molecular flexibility index (Phi) is 9.91. The number of pyridine rings is 2. The molecule has 2 fully saturated rings. The molecule has 15 heteroatoms. The van der Waals surface area contributed by atoms with Gasteiger partial charge in [-0.15, -0.1) is 0 Å². The van der Waals surface area contributed by atoms with Gasteiger partial charge in [-0.25, -0.2) is 24.9 Å². The number of nitrogens with one attached hydrogen (secondary N) is 1. The molecule has 2 N–H and O–H groups in total. The van der Waals surface area contributed by atoms with Crippen LogP contribution in [0, 0.1) is 11.3 Å². The number of hydrogen-bond donors (Lipinski definition) is 2. The van der Waals surface area contributed by atoms with Crippen molar-refractivity contribution in [2.45, 2.75) is 58.0 Å². The molecule has 1 aliphatic carbocycles. The fraction of sp³-hybridized carbons (Fsp3) is 0.529. The van der Waals surface area contributed by atoms with Crippen LogP contribution in [0.4, 0.5) is 24.7 Å². The highest BCUT2D eigenvalue weighted by molar-refractivity contribution is 5.91. The van der Waals surface area contributed by atoms with Crippen molar-refractivity contribution in [1.82, 2.24) is 29.9 Å². The van der Waals surface area contributed by atoms with Crippen LogP contribution in [0.25, 0.3) is 33.9 Å². The highest BCUT2D eigenvalue weighted by atomic mass is 19.4. The second-order valence-corrected chi connectivity index (χ2v) is 13.0. The molecule has 6 rings (SSSR count). The molecule has 4 aromatic heterocycles. The fourth-order valence-corrected chi connectivity index (χ4v) is 7.10. The van der Waals surface area contributed by atoms with E-state index in [0.29, 0.717) is 73.3 Å². The zero-order valence-electron chi connectivity index (χ0n) is 27.9. The zero-order valence-corrected chi connectivity index (χ0v) is 27.9. The Morgan fingerprint density at radius 3 is 2.45 bits per heavy atom. The number of imidazole rings is 1. The molecule has 0 spiro atoms. The number of methoxy groups -OCH3 is 1. The topological polar surface area (TPSA) is 142 Å². The van der Waals surface area contributed by atoms with Gasteiger partial charge < -0.3 is 29.4 Å². The Bertz CT molecular complexity index is 1760. The van der Waals surface area contributed by atoms with Crippen LogP contribution in [0.2, 0.25) is 0 Å². The van der Waals surface area contributed by atoms with Gasteiger partial charge in [-0.3, -0.25) is 4.79 Å². The number of H-pyrrole nitrogens is 1. The minimum Gasteiger partial charge on any atom is -0.481 e. The summed E-state index contributed by atoms with van der Waals surface area (Å²) in [6.07, 6.45) is 6.36. The van der Waals surface area contributed by atoms with E-state index in [1.165, 1.54) is 12.6 Å². The van der Waals surface area contributed by atoms with E-state index in [9.17, 15) is 23.1 Å². The Morgan fingerprint density at radius 1 is 1.06 bits per heavy atom. The lowest BCUT2D eigenvalue weighted by atomic mass is 9.74. The van der Waals surface area contributed by atoms with Crippen molar-refractivity contribution in [1.29, 1.82) is 0 Å². The number of halogens is 3. The lowest BCUT2D eigenvalue weighted by molar-refractivity contribution is -0.142. The number of anilines is 2. The minimum atomic E-state index is -4.68. The van der Waals surface area contributed by atoms with Crippen molar-refractivity contribution < 1.29 is 32.5 Å². The van der Waals surface area contributed by atoms with Crippen LogP contribution in [-0.2, 0) is 15.7 Å². The molecule has 12 nitrogen and oxygen atoms in total. The monoisotopic (exact) mass is 682 g/mol. The maximum absolute atomic E-state index is 14.1. The number of alkyl halides is 3. The van der Waals surface area contributed by atoms with Crippen molar-refractivity contribution >= 4 is 28.6 Å². The first-order valence-electron chi connectivity index (χ1n) is 16.6. The van der Waals surface area contributed by atoms with E-state index in [1.807, 2.05) is 11.9 Å². The third-order valence-corrected chi connectivity index (χ3v) is 9.57. The van der Waals surface area contributed by atoms with Gasteiger partial charge in [0.1, 0.15) is 22.6 Å². The van der Waals surface area contributed by atoms with Crippen molar-refractivity contribution in [3.63, 3.8) is 0 Å². The maximum atomic E-state index is 14.1. The zero-order chi connectivity index (χ0) is 34.8. The molecule has 0 aromatic carbocycles. The van der Waals surface area contributed by atoms with Crippen molar-refractivity contribution in [3.05, 3.63) is 36.3 Å². The highest BCUT2D eigenvalue weighted by Gasteiger charge is 2.37. The lowest BCUT2D eigenvalue weighted by Gasteiger charge is -2.40. The Balaban J connectivity index is 1.38. The van der Waals surface area contributed by atoms with Crippen molar-refractivity contribution in [2.75, 3.05) is 56.8 Å². The van der Waals surface area contributed by atoms with Crippen LogP contribution < -0.4 is 14.5 Å². The van der Waals surface area contributed by atoms with Gasteiger partial charge in [-0.2, -0.15) is 13.2 Å². The second-order valence-electron chi connectivity index (χ2n) is 13.0. The number of rotatable bonds is 11. The summed E-state index contributed by atoms with van der Waals surface area (Å²) in [4.78, 5) is 41.5. The predicted molar refractivity (Wildman–Crippen MR) is 178 cm³/mol. The molecule has 262 valence electrons. The van der Waals surface area contributed by atoms with E-state index >= 15 is 0 Å². The van der Waals surface area contributed by atoms with Crippen LogP contribution in [0.15, 0.2) is 30.7 Å². The van der Waals surface area contributed by atoms with E-state index in [0.717, 1.165) is 31.7 Å². The second kappa shape index (κ2) is 14.1. The number of nitrogens with zero attached hydrogens (tertiary/aromatic N) is 7. The van der Waals surface area contributed by atoms with Crippen molar-refractivity contribution in [2.24, 2.45) is 11.3 Å². The summed E-state index contributed by atoms with van der Waals surface area (Å²) < 4.78 is 53.1. The summed E-state index contributed by atoms with van der Waals surface area (Å²) in [6, 6.07) is 2.78. The number of aliphatic carboxylic acids is 1. The van der Waals surface area contributed by atoms with E-state index in [4.69, 9.17) is 19.4 Å². The van der Waals surface area contributed by atoms with Gasteiger partial charge in [0.2, 0.25) is 5.88 Å². The quantitative estimate of drug-likeness (QED) is 0.186. The molecule has 1 saturated carbocycles. The molecule has 0 unspecified atom stereocenters. The van der Waals surface area contributed by atoms with Crippen molar-refractivity contribution in [3.8, 4) is 28.7 Å². The van der Waals surface area contributed by atoms with Gasteiger partial charge in [0, 0.05) is 51.0 Å². The average Bonchev–Trinajstić information content (AvgIpc) is 3.53. The molecule has 5 heterocycles. The van der Waals surface area contributed by atoms with E-state index < -0.39 is 23.6 Å². The molecule has 0 radical (unpaired) electrons. The molecular formula is C34H41F3N8O4. The SMILES string of the molecule is CCOc1ncc(-c2cc(N(C)CC3(COC)CCCCC3)c3[nH]c(-c4cnc(N5CCC(C(=O)O)CC5)cn4)nc3n2)cc1C(F)(F)F. The van der Waals surface area contributed by atoms with Crippen LogP contribution >= 0.6 is 0 Å². The summed E-state index contributed by atoms with van der Waals surface area (Å²) >= 11 is 0. The van der Waals surface area contributed by atoms with Gasteiger partial charge in [-0.05, 0) is 44.7 Å². The Morgan fingerprint density at radius 2 is 1.82 bits per heavy atom. The number of ether oxygens (including phenoxy) is 2. The van der Waals surface area contributed by atoms with E-state index in [1.54, 1.807) is 32.5 Å². The number of aromatic nitrogens is 6. The number of hydrogen-bond acceptors (Lipinski definition) is 10. The molecule has 2 aliphatic rings. The Hall–Kier alpha value is -4.53. The van der Waals surface area contributed by atoms with Crippen LogP contribution in [0.1, 0.15) is 57.4 Å². The molecule has 4 aromatic rings. The number of aromatic amines is 1. The average molecular weight is 683 g/mol. The van der Waals surface area contributed by atoms with Crippen LogP contribution in [-0.4, -0.2) is 88.0 Å². The molecule has 0 bridgehead atoms. The predicted octanol–water partition coefficient (Wildman–Crippen LogP) is 6.23. The first kappa shape index (κ1) is 34.3. The molecule has 0 atom stereocenters. The Labute approximate surface area is 282 Å². The number of carboxylic acid groups (broad SMARTS) is 1. The third kappa shape index (κ3) is 7.41. The van der Waals surface area contributed by atoms with Gasteiger partial charge in [0.15, 0.2) is 11.5 Å². The molecule has 1 saturated heterocycles. The number of fused-ring (bicyclic) bond motifs is 1. The summed E-state index contributed by atoms with van der Waals surface area (Å²) in [5.41, 5.74) is 1.50. The fourth-order valence-electron chi connectivity index (χ4n) is 7.10. The highest BCUT2D eigenvalue weighted by Crippen LogP contribution is 2.41. The smallest absolute Gasteiger partial charge is 0.421 e. The van der Waals surface area contributed by atoms with Gasteiger partial charge in [0.05, 0.1) is 42.9 Å². The van der Waals surface area contributed by atoms with Gasteiger partial charge in [0.25, 0.3) is 0 Å². The maximum Gasteiger partial charge on any atom is 0.421 e. The number of carbonyl (C=O) groups is 1. The largest absolute Gasteiger partial charge is 0.481 e. The van der Waals surface area contributed by atoms with Crippen LogP contribution in [0.3, 0.4) is 0 Å². The third-order valence-electron chi connectivity index (χ3n) is 9.57. The standard InChI is InChI=1S/C34H41F3N8O4/c1-4-49-31-23(34(35,36)37)14-22(16-40-31)24-15-26(44(2)19-33(20-48-3)10-6-5-7-11-33)28-30(41-24)43-29(42-28)25-17-39-27(18-38-25)45-12-8-21(9-13-45)32(46)47/h14-18,21H,4-13,19-20H2,1-3H3,(H,46,47)(H,41,42,43). The number of piperidine rings is 1. The lowest BCUT2D eigenvalue weighted by Crippen LogP contribution is -2.40. The minimum absolute atomic E-state index is 0.0426. The van der Waals surface area contributed by atoms with E-state index in [2.05, 4.69) is 24.8 Å². The summed E-state index contributed by atoms with van der Waals surface area (Å²) in [7, 11) is 3.67. The first-order chi connectivity index (χ1) is 23.5. The normalized spacial score (nSPS) is 17.0. The summed E-state index contributed by atoms with van der Waals surface area (Å²) in [6.45, 7) is 4.04. The number of carboxylic acids is 1. The van der Waals surface area contributed by atoms with Gasteiger partial charge in [-0.1, -0.05) is 19.3 Å². The van der Waals surface area contributed by atoms with Crippen LogP contribution in [0.5, 0.6) is 5.88 Å².